The Labute approximate surface area is 175 Å². The molecule has 11 heteroatoms. The highest BCUT2D eigenvalue weighted by atomic mass is 16.7. The molecule has 1 atom stereocenters. The van der Waals surface area contributed by atoms with Crippen LogP contribution >= 0.6 is 0 Å². The highest BCUT2D eigenvalue weighted by molar-refractivity contribution is 6.04. The fraction of sp³-hybridized carbons (Fsp3) is 0.200. The van der Waals surface area contributed by atoms with Gasteiger partial charge in [-0.15, -0.1) is 0 Å². The number of nitrogens with zero attached hydrogens (tertiary/aromatic N) is 1. The third kappa shape index (κ3) is 5.63. The number of nitro benzene ring substituents is 1. The van der Waals surface area contributed by atoms with Gasteiger partial charge >= 0.3 is 23.9 Å². The molecule has 2 aromatic rings. The van der Waals surface area contributed by atoms with E-state index in [1.54, 1.807) is 6.92 Å². The van der Waals surface area contributed by atoms with Gasteiger partial charge in [-0.3, -0.25) is 10.1 Å². The first kappa shape index (κ1) is 23.0. The molecule has 0 radical (unpaired) electrons. The van der Waals surface area contributed by atoms with E-state index < -0.39 is 51.9 Å². The molecule has 0 amide bonds. The summed E-state index contributed by atoms with van der Waals surface area (Å²) in [6.45, 7) is 1.70. The van der Waals surface area contributed by atoms with Crippen LogP contribution in [-0.4, -0.2) is 45.3 Å². The zero-order valence-corrected chi connectivity index (χ0v) is 16.1. The van der Waals surface area contributed by atoms with Crippen molar-refractivity contribution < 1.29 is 43.8 Å². The minimum Gasteiger partial charge on any atom is -0.478 e. The summed E-state index contributed by atoms with van der Waals surface area (Å²) >= 11 is 0. The van der Waals surface area contributed by atoms with Crippen LogP contribution in [0.15, 0.2) is 42.5 Å². The predicted molar refractivity (Wildman–Crippen MR) is 103 cm³/mol. The summed E-state index contributed by atoms with van der Waals surface area (Å²) in [5, 5.41) is 29.3. The smallest absolute Gasteiger partial charge is 0.342 e. The van der Waals surface area contributed by atoms with Gasteiger partial charge in [-0.1, -0.05) is 19.1 Å². The minimum atomic E-state index is -1.59. The zero-order chi connectivity index (χ0) is 23.1. The van der Waals surface area contributed by atoms with Gasteiger partial charge in [-0.25, -0.2) is 19.2 Å². The average molecular weight is 431 g/mol. The number of benzene rings is 2. The second-order valence-electron chi connectivity index (χ2n) is 6.17. The molecule has 0 aliphatic heterocycles. The molecule has 0 spiro atoms. The van der Waals surface area contributed by atoms with Gasteiger partial charge in [0, 0.05) is 18.6 Å². The van der Waals surface area contributed by atoms with Gasteiger partial charge in [-0.05, 0) is 24.6 Å². The van der Waals surface area contributed by atoms with E-state index in [1.807, 2.05) is 0 Å². The number of nitro groups is 1. The summed E-state index contributed by atoms with van der Waals surface area (Å²) in [7, 11) is 0. The van der Waals surface area contributed by atoms with Crippen LogP contribution in [0.3, 0.4) is 0 Å². The second kappa shape index (κ2) is 9.96. The van der Waals surface area contributed by atoms with Crippen LogP contribution in [-0.2, 0) is 9.47 Å². The Balaban J connectivity index is 2.27. The number of carboxylic acids is 2. The number of hydrogen-bond acceptors (Lipinski definition) is 8. The first-order valence-corrected chi connectivity index (χ1v) is 8.91. The lowest BCUT2D eigenvalue weighted by Gasteiger charge is -2.18. The van der Waals surface area contributed by atoms with E-state index in [2.05, 4.69) is 0 Å². The fourth-order valence-corrected chi connectivity index (χ4v) is 2.59. The minimum absolute atomic E-state index is 0.0438. The molecule has 0 aliphatic carbocycles. The van der Waals surface area contributed by atoms with E-state index in [1.165, 1.54) is 24.3 Å². The molecule has 2 rings (SSSR count). The van der Waals surface area contributed by atoms with E-state index in [9.17, 15) is 39.5 Å². The van der Waals surface area contributed by atoms with Crippen molar-refractivity contribution in [1.82, 2.24) is 0 Å². The van der Waals surface area contributed by atoms with Crippen LogP contribution in [0.1, 0.15) is 61.2 Å². The largest absolute Gasteiger partial charge is 0.478 e. The summed E-state index contributed by atoms with van der Waals surface area (Å²) in [6.07, 6.45) is -0.997. The third-order valence-electron chi connectivity index (χ3n) is 4.04. The maximum Gasteiger partial charge on any atom is 0.342 e. The molecule has 2 N–H and O–H groups in total. The molecule has 0 aromatic heterocycles. The van der Waals surface area contributed by atoms with Crippen molar-refractivity contribution in [1.29, 1.82) is 0 Å². The molecule has 0 saturated heterocycles. The maximum atomic E-state index is 12.5. The highest BCUT2D eigenvalue weighted by Crippen LogP contribution is 2.21. The molecule has 0 fully saturated rings. The Morgan fingerprint density at radius 2 is 1.42 bits per heavy atom. The van der Waals surface area contributed by atoms with Gasteiger partial charge in [-0.2, -0.15) is 0 Å². The third-order valence-corrected chi connectivity index (χ3v) is 4.04. The first-order chi connectivity index (χ1) is 14.6. The van der Waals surface area contributed by atoms with Crippen LogP contribution in [0, 0.1) is 10.1 Å². The van der Waals surface area contributed by atoms with Gasteiger partial charge in [0.15, 0.2) is 0 Å². The Morgan fingerprint density at radius 3 is 1.90 bits per heavy atom. The molecule has 11 nitrogen and oxygen atoms in total. The van der Waals surface area contributed by atoms with Gasteiger partial charge in [0.05, 0.1) is 27.2 Å². The van der Waals surface area contributed by atoms with Gasteiger partial charge in [0.25, 0.3) is 5.69 Å². The molecule has 0 saturated carbocycles. The van der Waals surface area contributed by atoms with Crippen LogP contribution in [0.5, 0.6) is 0 Å². The number of carbonyl (C=O) groups excluding carboxylic acids is 2. The van der Waals surface area contributed by atoms with Gasteiger partial charge in [0.1, 0.15) is 0 Å². The maximum absolute atomic E-state index is 12.5. The SMILES string of the molecule is CCCC(OC(=O)c1ccccc1C(=O)O)OC(=O)c1ccc([N+](=O)[O-])cc1C(=O)O. The lowest BCUT2D eigenvalue weighted by atomic mass is 10.1. The van der Waals surface area contributed by atoms with Crippen molar-refractivity contribution in [2.75, 3.05) is 0 Å². The predicted octanol–water partition coefficient (Wildman–Crippen LogP) is 3.13. The lowest BCUT2D eigenvalue weighted by molar-refractivity contribution is -0.384. The summed E-state index contributed by atoms with van der Waals surface area (Å²) < 4.78 is 10.2. The molecule has 0 heterocycles. The summed E-state index contributed by atoms with van der Waals surface area (Å²) in [5.74, 6) is -5.17. The number of non-ortho nitro benzene ring substituents is 1. The molecule has 0 aliphatic rings. The number of carbonyl (C=O) groups is 4. The fourth-order valence-electron chi connectivity index (χ4n) is 2.59. The van der Waals surface area contributed by atoms with Crippen molar-refractivity contribution in [3.63, 3.8) is 0 Å². The Kier molecular flexibility index (Phi) is 7.39. The standard InChI is InChI=1S/C20H17NO10/c1-2-5-16(30-19(26)13-7-4-3-6-12(13)17(22)23)31-20(27)14-9-8-11(21(28)29)10-15(14)18(24)25/h3-4,6-10,16H,2,5H2,1H3,(H,22,23)(H,24,25). The van der Waals surface area contributed by atoms with Crippen molar-refractivity contribution in [3.05, 3.63) is 74.8 Å². The Bertz CT molecular complexity index is 1050. The molecular weight excluding hydrogens is 414 g/mol. The molecule has 31 heavy (non-hydrogen) atoms. The average Bonchev–Trinajstić information content (AvgIpc) is 2.73. The van der Waals surface area contributed by atoms with Crippen molar-refractivity contribution >= 4 is 29.6 Å². The normalized spacial score (nSPS) is 11.3. The Hall–Kier alpha value is -4.28. The van der Waals surface area contributed by atoms with Crippen molar-refractivity contribution in [2.24, 2.45) is 0 Å². The number of hydrogen-bond donors (Lipinski definition) is 2. The first-order valence-electron chi connectivity index (χ1n) is 8.91. The van der Waals surface area contributed by atoms with Gasteiger partial charge < -0.3 is 19.7 Å². The molecule has 162 valence electrons. The molecule has 1 unspecified atom stereocenters. The highest BCUT2D eigenvalue weighted by Gasteiger charge is 2.27. The van der Waals surface area contributed by atoms with Crippen LogP contribution in [0.25, 0.3) is 0 Å². The lowest BCUT2D eigenvalue weighted by Crippen LogP contribution is -2.26. The molecule has 2 aromatic carbocycles. The quantitative estimate of drug-likeness (QED) is 0.260. The molecular formula is C20H17NO10. The monoisotopic (exact) mass is 431 g/mol. The van der Waals surface area contributed by atoms with Gasteiger partial charge in [0.2, 0.25) is 6.29 Å². The van der Waals surface area contributed by atoms with Crippen LogP contribution in [0.2, 0.25) is 0 Å². The second-order valence-corrected chi connectivity index (χ2v) is 6.17. The molecule has 0 bridgehead atoms. The number of ether oxygens (including phenoxy) is 2. The van der Waals surface area contributed by atoms with Crippen LogP contribution in [0.4, 0.5) is 5.69 Å². The van der Waals surface area contributed by atoms with Crippen LogP contribution < -0.4 is 0 Å². The van der Waals surface area contributed by atoms with Crippen molar-refractivity contribution in [3.8, 4) is 0 Å². The Morgan fingerprint density at radius 1 is 0.903 bits per heavy atom. The number of aromatic carboxylic acids is 2. The van der Waals surface area contributed by atoms with E-state index in [0.717, 1.165) is 12.1 Å². The van der Waals surface area contributed by atoms with Crippen molar-refractivity contribution in [2.45, 2.75) is 26.1 Å². The topological polar surface area (TPSA) is 170 Å². The number of esters is 2. The zero-order valence-electron chi connectivity index (χ0n) is 16.1. The number of carboxylic acid groups (broad SMARTS) is 2. The van der Waals surface area contributed by atoms with E-state index in [-0.39, 0.29) is 17.5 Å². The number of rotatable bonds is 9. The summed E-state index contributed by atoms with van der Waals surface area (Å²) in [6, 6.07) is 7.86. The van der Waals surface area contributed by atoms with E-state index in [0.29, 0.717) is 12.5 Å². The summed E-state index contributed by atoms with van der Waals surface area (Å²) in [5.41, 5.74) is -2.22. The van der Waals surface area contributed by atoms with E-state index >= 15 is 0 Å². The summed E-state index contributed by atoms with van der Waals surface area (Å²) in [4.78, 5) is 57.6. The van der Waals surface area contributed by atoms with E-state index in [4.69, 9.17) is 9.47 Å².